The second-order valence-corrected chi connectivity index (χ2v) is 6.90. The van der Waals surface area contributed by atoms with Crippen LogP contribution in [-0.4, -0.2) is 22.1 Å². The van der Waals surface area contributed by atoms with Gasteiger partial charge in [0.15, 0.2) is 0 Å². The molecule has 2 aliphatic heterocycles. The first-order valence-corrected chi connectivity index (χ1v) is 8.69. The van der Waals surface area contributed by atoms with E-state index in [1.165, 1.54) is 15.8 Å². The van der Waals surface area contributed by atoms with Crippen molar-refractivity contribution in [1.29, 1.82) is 0 Å². The average Bonchev–Trinajstić information content (AvgIpc) is 3.09. The van der Waals surface area contributed by atoms with Crippen LogP contribution < -0.4 is 10.9 Å². The number of hydrazine groups is 1. The number of rotatable bonds is 3. The highest BCUT2D eigenvalue weighted by Gasteiger charge is 2.42. The molecule has 6 heteroatoms. The van der Waals surface area contributed by atoms with E-state index in [4.69, 9.17) is 4.99 Å². The van der Waals surface area contributed by atoms with Crippen molar-refractivity contribution < 1.29 is 0 Å². The van der Waals surface area contributed by atoms with Gasteiger partial charge in [0, 0.05) is 11.6 Å². The predicted molar refractivity (Wildman–Crippen MR) is 96.5 cm³/mol. The molecule has 2 aromatic rings. The van der Waals surface area contributed by atoms with Gasteiger partial charge in [-0.3, -0.25) is 4.99 Å². The molecule has 118 valence electrons. The molecule has 0 spiro atoms. The van der Waals surface area contributed by atoms with Gasteiger partial charge in [0.25, 0.3) is 0 Å². The number of aromatic nitrogens is 1. The maximum Gasteiger partial charge on any atom is 0.137 e. The largest absolute Gasteiger partial charge is 0.306 e. The minimum Gasteiger partial charge on any atom is -0.306 e. The summed E-state index contributed by atoms with van der Waals surface area (Å²) in [5.74, 6) is 1.03. The Hall–Kier alpha value is -2.05. The van der Waals surface area contributed by atoms with Crippen molar-refractivity contribution in [1.82, 2.24) is 15.2 Å². The van der Waals surface area contributed by atoms with Gasteiger partial charge in [-0.2, -0.15) is 4.37 Å². The summed E-state index contributed by atoms with van der Waals surface area (Å²) >= 11 is 1.56. The zero-order valence-electron chi connectivity index (χ0n) is 13.2. The van der Waals surface area contributed by atoms with E-state index in [1.54, 1.807) is 11.5 Å². The molecule has 0 aliphatic carbocycles. The number of hydrogen-bond acceptors (Lipinski definition) is 5. The standard InChI is InChI=1S/C17H19N5S/c1-3-5-14-12-8-7-11(10-15(12)23-21-14)19-16-13-6-4-9-18-17(13,2)22-20-16/h4,6-10,13,22H,3,5H2,1-2H3,(H,19,20). The van der Waals surface area contributed by atoms with Crippen molar-refractivity contribution in [3.8, 4) is 0 Å². The molecule has 2 atom stereocenters. The number of hydrogen-bond donors (Lipinski definition) is 2. The van der Waals surface area contributed by atoms with Crippen LogP contribution in [0.3, 0.4) is 0 Å². The molecule has 4 rings (SSSR count). The number of benzene rings is 1. The Bertz CT molecular complexity index is 835. The van der Waals surface area contributed by atoms with Crippen molar-refractivity contribution in [2.75, 3.05) is 0 Å². The van der Waals surface area contributed by atoms with Crippen molar-refractivity contribution in [2.24, 2.45) is 15.9 Å². The summed E-state index contributed by atoms with van der Waals surface area (Å²) in [5.41, 5.74) is 8.20. The van der Waals surface area contributed by atoms with Gasteiger partial charge in [-0.25, -0.2) is 10.4 Å². The van der Waals surface area contributed by atoms with E-state index in [0.29, 0.717) is 0 Å². The molecule has 0 radical (unpaired) electrons. The van der Waals surface area contributed by atoms with Crippen molar-refractivity contribution >= 4 is 39.4 Å². The number of allylic oxidation sites excluding steroid dienone is 1. The highest BCUT2D eigenvalue weighted by molar-refractivity contribution is 7.13. The molecule has 2 N–H and O–H groups in total. The Morgan fingerprint density at radius 1 is 1.39 bits per heavy atom. The Morgan fingerprint density at radius 2 is 2.30 bits per heavy atom. The van der Waals surface area contributed by atoms with Crippen LogP contribution in [0.5, 0.6) is 0 Å². The van der Waals surface area contributed by atoms with Gasteiger partial charge >= 0.3 is 0 Å². The normalized spacial score (nSPS) is 27.6. The zero-order valence-corrected chi connectivity index (χ0v) is 14.0. The number of amidine groups is 1. The second-order valence-electron chi connectivity index (χ2n) is 6.10. The molecule has 0 amide bonds. The average molecular weight is 325 g/mol. The minimum atomic E-state index is -0.351. The molecule has 5 nitrogen and oxygen atoms in total. The molecule has 3 heterocycles. The second kappa shape index (κ2) is 5.54. The first kappa shape index (κ1) is 14.5. The number of fused-ring (bicyclic) bond motifs is 2. The maximum atomic E-state index is 4.79. The molecule has 2 unspecified atom stereocenters. The lowest BCUT2D eigenvalue weighted by Gasteiger charge is -2.24. The van der Waals surface area contributed by atoms with Gasteiger partial charge in [0.1, 0.15) is 11.5 Å². The minimum absolute atomic E-state index is 0.125. The summed E-state index contributed by atoms with van der Waals surface area (Å²) in [5, 5.41) is 1.25. The Morgan fingerprint density at radius 3 is 3.17 bits per heavy atom. The van der Waals surface area contributed by atoms with Crippen LogP contribution in [0.15, 0.2) is 40.3 Å². The van der Waals surface area contributed by atoms with E-state index >= 15 is 0 Å². The van der Waals surface area contributed by atoms with Crippen LogP contribution in [0.1, 0.15) is 26.0 Å². The summed E-state index contributed by atoms with van der Waals surface area (Å²) in [6.45, 7) is 4.25. The van der Waals surface area contributed by atoms with Crippen LogP contribution in [-0.2, 0) is 6.42 Å². The van der Waals surface area contributed by atoms with Crippen molar-refractivity contribution in [2.45, 2.75) is 32.4 Å². The summed E-state index contributed by atoms with van der Waals surface area (Å²) in [7, 11) is 0. The quantitative estimate of drug-likeness (QED) is 0.909. The lowest BCUT2D eigenvalue weighted by Crippen LogP contribution is -2.43. The third-order valence-electron chi connectivity index (χ3n) is 4.34. The topological polar surface area (TPSA) is 61.7 Å². The number of dihydropyridines is 1. The van der Waals surface area contributed by atoms with Gasteiger partial charge < -0.3 is 5.43 Å². The fraction of sp³-hybridized carbons (Fsp3) is 0.353. The van der Waals surface area contributed by atoms with E-state index in [-0.39, 0.29) is 11.6 Å². The number of aliphatic imine (C=N–C) groups is 2. The molecule has 2 aliphatic rings. The Balaban J connectivity index is 1.67. The van der Waals surface area contributed by atoms with E-state index in [9.17, 15) is 0 Å². The first-order chi connectivity index (χ1) is 11.2. The van der Waals surface area contributed by atoms with Crippen molar-refractivity contribution in [3.05, 3.63) is 36.0 Å². The molecule has 1 saturated heterocycles. The van der Waals surface area contributed by atoms with E-state index in [2.05, 4.69) is 58.3 Å². The Labute approximate surface area is 139 Å². The molecular weight excluding hydrogens is 306 g/mol. The molecule has 1 fully saturated rings. The van der Waals surface area contributed by atoms with Gasteiger partial charge in [0.05, 0.1) is 22.0 Å². The third kappa shape index (κ3) is 2.48. The predicted octanol–water partition coefficient (Wildman–Crippen LogP) is 3.36. The molecule has 1 aromatic heterocycles. The number of nitrogens with zero attached hydrogens (tertiary/aromatic N) is 3. The molecule has 0 saturated carbocycles. The lowest BCUT2D eigenvalue weighted by atomic mass is 9.93. The molecular formula is C17H19N5S. The molecule has 23 heavy (non-hydrogen) atoms. The summed E-state index contributed by atoms with van der Waals surface area (Å²) in [4.78, 5) is 9.30. The molecule has 0 bridgehead atoms. The van der Waals surface area contributed by atoms with Gasteiger partial charge in [-0.15, -0.1) is 0 Å². The van der Waals surface area contributed by atoms with Crippen LogP contribution >= 0.6 is 11.5 Å². The van der Waals surface area contributed by atoms with E-state index < -0.39 is 0 Å². The van der Waals surface area contributed by atoms with Crippen LogP contribution in [0.4, 0.5) is 5.69 Å². The summed E-state index contributed by atoms with van der Waals surface area (Å²) in [6.07, 6.45) is 8.07. The summed E-state index contributed by atoms with van der Waals surface area (Å²) in [6, 6.07) is 6.32. The number of aryl methyl sites for hydroxylation is 1. The van der Waals surface area contributed by atoms with Crippen molar-refractivity contribution in [3.63, 3.8) is 0 Å². The highest BCUT2D eigenvalue weighted by Crippen LogP contribution is 2.31. The summed E-state index contributed by atoms with van der Waals surface area (Å²) < 4.78 is 5.77. The SMILES string of the molecule is CCCc1nsc2cc(N=C3NNC4(C)N=CC=CC34)ccc12. The number of nitrogens with one attached hydrogen (secondary N) is 2. The highest BCUT2D eigenvalue weighted by atomic mass is 32.1. The van der Waals surface area contributed by atoms with Crippen LogP contribution in [0.2, 0.25) is 0 Å². The fourth-order valence-corrected chi connectivity index (χ4v) is 3.92. The zero-order chi connectivity index (χ0) is 15.9. The molecule has 1 aromatic carbocycles. The van der Waals surface area contributed by atoms with Crippen LogP contribution in [0.25, 0.3) is 10.1 Å². The van der Waals surface area contributed by atoms with Gasteiger partial charge in [0.2, 0.25) is 0 Å². The van der Waals surface area contributed by atoms with E-state index in [0.717, 1.165) is 24.4 Å². The maximum absolute atomic E-state index is 4.79. The van der Waals surface area contributed by atoms with Gasteiger partial charge in [-0.1, -0.05) is 19.4 Å². The Kier molecular flexibility index (Phi) is 3.50. The van der Waals surface area contributed by atoms with Gasteiger partial charge in [-0.05, 0) is 49.2 Å². The monoisotopic (exact) mass is 325 g/mol. The lowest BCUT2D eigenvalue weighted by molar-refractivity contribution is 0.365. The third-order valence-corrected chi connectivity index (χ3v) is 5.19. The van der Waals surface area contributed by atoms with E-state index in [1.807, 2.05) is 12.3 Å². The van der Waals surface area contributed by atoms with Crippen LogP contribution in [0, 0.1) is 5.92 Å². The fourth-order valence-electron chi connectivity index (χ4n) is 3.06. The smallest absolute Gasteiger partial charge is 0.137 e. The first-order valence-electron chi connectivity index (χ1n) is 7.92.